The van der Waals surface area contributed by atoms with Gasteiger partial charge in [0.05, 0.1) is 0 Å². The third kappa shape index (κ3) is 2.39. The molecule has 0 aromatic carbocycles. The number of fused-ring (bicyclic) bond motifs is 1. The van der Waals surface area contributed by atoms with E-state index in [9.17, 15) is 5.26 Å². The summed E-state index contributed by atoms with van der Waals surface area (Å²) in [7, 11) is 0. The van der Waals surface area contributed by atoms with E-state index in [4.69, 9.17) is 10.2 Å². The van der Waals surface area contributed by atoms with Crippen molar-refractivity contribution in [2.45, 2.75) is 32.7 Å². The van der Waals surface area contributed by atoms with E-state index < -0.39 is 0 Å². The van der Waals surface area contributed by atoms with Gasteiger partial charge >= 0.3 is 0 Å². The standard InChI is InChI=1S/C16H18N4O/c1-2-3-10-4-5-14(21-10)15-11(8-17)16(18)20-13-6-7-19-9-12(13)15/h4-5,19H,2-3,6-7,9H2,1H3,(H2,18,20). The Morgan fingerprint density at radius 3 is 3.10 bits per heavy atom. The number of nitrogen functional groups attached to an aromatic ring is 1. The third-order valence-corrected chi connectivity index (χ3v) is 3.77. The van der Waals surface area contributed by atoms with Gasteiger partial charge in [-0.2, -0.15) is 5.26 Å². The summed E-state index contributed by atoms with van der Waals surface area (Å²) in [5.41, 5.74) is 9.17. The molecule has 0 atom stereocenters. The van der Waals surface area contributed by atoms with Gasteiger partial charge in [0.25, 0.3) is 0 Å². The zero-order valence-electron chi connectivity index (χ0n) is 12.1. The number of aryl methyl sites for hydroxylation is 1. The van der Waals surface area contributed by atoms with Gasteiger partial charge in [0.2, 0.25) is 0 Å². The lowest BCUT2D eigenvalue weighted by molar-refractivity contribution is 0.517. The minimum absolute atomic E-state index is 0.293. The summed E-state index contributed by atoms with van der Waals surface area (Å²) in [6.45, 7) is 3.68. The van der Waals surface area contributed by atoms with E-state index in [1.54, 1.807) is 0 Å². The molecule has 1 aliphatic heterocycles. The Kier molecular flexibility index (Phi) is 3.63. The van der Waals surface area contributed by atoms with Crippen LogP contribution in [0.3, 0.4) is 0 Å². The van der Waals surface area contributed by atoms with Crippen molar-refractivity contribution < 1.29 is 4.42 Å². The fourth-order valence-electron chi connectivity index (χ4n) is 2.79. The van der Waals surface area contributed by atoms with Crippen LogP contribution in [-0.2, 0) is 19.4 Å². The number of anilines is 1. The monoisotopic (exact) mass is 282 g/mol. The number of pyridine rings is 1. The molecule has 5 nitrogen and oxygen atoms in total. The maximum absolute atomic E-state index is 9.44. The third-order valence-electron chi connectivity index (χ3n) is 3.77. The summed E-state index contributed by atoms with van der Waals surface area (Å²) < 4.78 is 5.91. The molecular weight excluding hydrogens is 264 g/mol. The summed E-state index contributed by atoms with van der Waals surface area (Å²) in [5.74, 6) is 1.94. The van der Waals surface area contributed by atoms with Gasteiger partial charge in [0.1, 0.15) is 29.0 Å². The van der Waals surface area contributed by atoms with Gasteiger partial charge in [0.15, 0.2) is 0 Å². The molecule has 21 heavy (non-hydrogen) atoms. The predicted molar refractivity (Wildman–Crippen MR) is 80.5 cm³/mol. The van der Waals surface area contributed by atoms with Crippen LogP contribution in [0, 0.1) is 11.3 Å². The van der Waals surface area contributed by atoms with E-state index in [1.807, 2.05) is 12.1 Å². The molecule has 0 amide bonds. The Hall–Kier alpha value is -2.32. The van der Waals surface area contributed by atoms with Crippen LogP contribution in [0.5, 0.6) is 0 Å². The number of rotatable bonds is 3. The molecule has 0 saturated carbocycles. The zero-order valence-corrected chi connectivity index (χ0v) is 12.1. The lowest BCUT2D eigenvalue weighted by atomic mass is 9.95. The molecule has 3 heterocycles. The number of hydrogen-bond donors (Lipinski definition) is 2. The Bertz CT molecular complexity index is 712. The number of furan rings is 1. The zero-order chi connectivity index (χ0) is 14.8. The SMILES string of the molecule is CCCc1ccc(-c2c(C#N)c(N)nc3c2CNCC3)o1. The molecule has 0 aliphatic carbocycles. The fraction of sp³-hybridized carbons (Fsp3) is 0.375. The van der Waals surface area contributed by atoms with Crippen LogP contribution >= 0.6 is 0 Å². The molecule has 108 valence electrons. The Balaban J connectivity index is 2.19. The molecule has 0 spiro atoms. The van der Waals surface area contributed by atoms with E-state index in [2.05, 4.69) is 23.3 Å². The largest absolute Gasteiger partial charge is 0.461 e. The van der Waals surface area contributed by atoms with Crippen LogP contribution in [0.25, 0.3) is 11.3 Å². The van der Waals surface area contributed by atoms with Crippen molar-refractivity contribution in [3.05, 3.63) is 34.7 Å². The van der Waals surface area contributed by atoms with E-state index in [0.717, 1.165) is 48.4 Å². The number of nitriles is 1. The van der Waals surface area contributed by atoms with Gasteiger partial charge in [-0.1, -0.05) is 6.92 Å². The van der Waals surface area contributed by atoms with Crippen LogP contribution in [0.15, 0.2) is 16.5 Å². The summed E-state index contributed by atoms with van der Waals surface area (Å²) >= 11 is 0. The Labute approximate surface area is 123 Å². The summed E-state index contributed by atoms with van der Waals surface area (Å²) in [6.07, 6.45) is 2.74. The first kappa shape index (κ1) is 13.7. The molecular formula is C16H18N4O. The first-order valence-electron chi connectivity index (χ1n) is 7.25. The molecule has 2 aromatic heterocycles. The van der Waals surface area contributed by atoms with Crippen molar-refractivity contribution in [2.24, 2.45) is 0 Å². The molecule has 2 aromatic rings. The van der Waals surface area contributed by atoms with Gasteiger partial charge in [0, 0.05) is 37.2 Å². The molecule has 0 fully saturated rings. The molecule has 1 aliphatic rings. The van der Waals surface area contributed by atoms with Crippen LogP contribution < -0.4 is 11.1 Å². The van der Waals surface area contributed by atoms with Crippen molar-refractivity contribution in [1.29, 1.82) is 5.26 Å². The molecule has 3 N–H and O–H groups in total. The van der Waals surface area contributed by atoms with Gasteiger partial charge in [-0.05, 0) is 24.1 Å². The van der Waals surface area contributed by atoms with Gasteiger partial charge in [-0.25, -0.2) is 4.98 Å². The quantitative estimate of drug-likeness (QED) is 0.902. The van der Waals surface area contributed by atoms with Crippen LogP contribution in [0.4, 0.5) is 5.82 Å². The number of nitrogens with two attached hydrogens (primary N) is 1. The summed E-state index contributed by atoms with van der Waals surface area (Å²) in [5, 5.41) is 12.8. The summed E-state index contributed by atoms with van der Waals surface area (Å²) in [4.78, 5) is 4.39. The van der Waals surface area contributed by atoms with E-state index in [-0.39, 0.29) is 0 Å². The van der Waals surface area contributed by atoms with Crippen LogP contribution in [0.2, 0.25) is 0 Å². The maximum Gasteiger partial charge on any atom is 0.142 e. The molecule has 5 heteroatoms. The summed E-state index contributed by atoms with van der Waals surface area (Å²) in [6, 6.07) is 6.08. The molecule has 0 bridgehead atoms. The average molecular weight is 282 g/mol. The number of aromatic nitrogens is 1. The second kappa shape index (κ2) is 5.58. The fourth-order valence-corrected chi connectivity index (χ4v) is 2.79. The van der Waals surface area contributed by atoms with Crippen molar-refractivity contribution in [1.82, 2.24) is 10.3 Å². The Morgan fingerprint density at radius 1 is 1.48 bits per heavy atom. The number of hydrogen-bond acceptors (Lipinski definition) is 5. The van der Waals surface area contributed by atoms with E-state index in [0.29, 0.717) is 23.7 Å². The predicted octanol–water partition coefficient (Wildman–Crippen LogP) is 2.39. The van der Waals surface area contributed by atoms with Crippen molar-refractivity contribution >= 4 is 5.82 Å². The minimum Gasteiger partial charge on any atom is -0.461 e. The van der Waals surface area contributed by atoms with E-state index in [1.165, 1.54) is 0 Å². The van der Waals surface area contributed by atoms with Crippen LogP contribution in [-0.4, -0.2) is 11.5 Å². The van der Waals surface area contributed by atoms with Crippen molar-refractivity contribution in [3.8, 4) is 17.4 Å². The highest BCUT2D eigenvalue weighted by molar-refractivity contribution is 5.76. The Morgan fingerprint density at radius 2 is 2.33 bits per heavy atom. The molecule has 3 rings (SSSR count). The molecule has 0 unspecified atom stereocenters. The first-order chi connectivity index (χ1) is 10.2. The molecule has 0 saturated heterocycles. The highest BCUT2D eigenvalue weighted by atomic mass is 16.3. The van der Waals surface area contributed by atoms with E-state index >= 15 is 0 Å². The van der Waals surface area contributed by atoms with Crippen molar-refractivity contribution in [2.75, 3.05) is 12.3 Å². The highest BCUT2D eigenvalue weighted by Gasteiger charge is 2.23. The van der Waals surface area contributed by atoms with Gasteiger partial charge in [-0.3, -0.25) is 0 Å². The van der Waals surface area contributed by atoms with Gasteiger partial charge in [-0.15, -0.1) is 0 Å². The topological polar surface area (TPSA) is 87.9 Å². The first-order valence-corrected chi connectivity index (χ1v) is 7.25. The normalized spacial score (nSPS) is 13.7. The van der Waals surface area contributed by atoms with Crippen molar-refractivity contribution in [3.63, 3.8) is 0 Å². The minimum atomic E-state index is 0.293. The second-order valence-electron chi connectivity index (χ2n) is 5.23. The molecule has 0 radical (unpaired) electrons. The average Bonchev–Trinajstić information content (AvgIpc) is 2.94. The second-order valence-corrected chi connectivity index (χ2v) is 5.23. The number of nitrogens with one attached hydrogen (secondary N) is 1. The van der Waals surface area contributed by atoms with Crippen LogP contribution in [0.1, 0.15) is 35.9 Å². The lowest BCUT2D eigenvalue weighted by Crippen LogP contribution is -2.26. The number of nitrogens with zero attached hydrogens (tertiary/aromatic N) is 2. The maximum atomic E-state index is 9.44. The highest BCUT2D eigenvalue weighted by Crippen LogP contribution is 2.34. The smallest absolute Gasteiger partial charge is 0.142 e. The lowest BCUT2D eigenvalue weighted by Gasteiger charge is -2.20. The van der Waals surface area contributed by atoms with Gasteiger partial charge < -0.3 is 15.5 Å².